The molecule has 94 valence electrons. The van der Waals surface area contributed by atoms with Gasteiger partial charge in [-0.05, 0) is 24.6 Å². The van der Waals surface area contributed by atoms with E-state index in [0.29, 0.717) is 16.7 Å². The molecule has 2 rings (SSSR count). The third-order valence-corrected chi connectivity index (χ3v) is 2.71. The molecule has 4 N–H and O–H groups in total. The fourth-order valence-corrected chi connectivity index (χ4v) is 1.70. The van der Waals surface area contributed by atoms with E-state index in [1.165, 1.54) is 0 Å². The number of nitrogens with one attached hydrogen (secondary N) is 2. The Bertz CT molecular complexity index is 570. The molecule has 1 heterocycles. The number of rotatable bonds is 3. The molecule has 0 spiro atoms. The van der Waals surface area contributed by atoms with Crippen LogP contribution in [-0.4, -0.2) is 17.0 Å². The lowest BCUT2D eigenvalue weighted by Crippen LogP contribution is -2.03. The first-order chi connectivity index (χ1) is 8.58. The molecule has 0 amide bonds. The molecule has 6 heteroatoms. The van der Waals surface area contributed by atoms with Crippen LogP contribution < -0.4 is 16.4 Å². The van der Waals surface area contributed by atoms with E-state index in [2.05, 4.69) is 20.6 Å². The zero-order valence-corrected chi connectivity index (χ0v) is 10.9. The highest BCUT2D eigenvalue weighted by atomic mass is 35.5. The molecule has 0 aliphatic carbocycles. The van der Waals surface area contributed by atoms with Gasteiger partial charge in [-0.25, -0.2) is 0 Å². The largest absolute Gasteiger partial charge is 0.373 e. The quantitative estimate of drug-likeness (QED) is 0.794. The molecule has 1 aromatic carbocycles. The summed E-state index contributed by atoms with van der Waals surface area (Å²) in [7, 11) is 1.77. The molecule has 0 unspecified atom stereocenters. The predicted molar refractivity (Wildman–Crippen MR) is 75.5 cm³/mol. The second-order valence-corrected chi connectivity index (χ2v) is 4.26. The zero-order valence-electron chi connectivity index (χ0n) is 10.2. The lowest BCUT2D eigenvalue weighted by atomic mass is 10.2. The van der Waals surface area contributed by atoms with Gasteiger partial charge in [0.15, 0.2) is 0 Å². The van der Waals surface area contributed by atoms with Crippen LogP contribution in [0.1, 0.15) is 5.56 Å². The fourth-order valence-electron chi connectivity index (χ4n) is 1.53. The molecule has 0 atom stereocenters. The highest BCUT2D eigenvalue weighted by Gasteiger charge is 2.05. The van der Waals surface area contributed by atoms with E-state index in [-0.39, 0.29) is 5.95 Å². The van der Waals surface area contributed by atoms with Crippen LogP contribution in [0.2, 0.25) is 5.02 Å². The summed E-state index contributed by atoms with van der Waals surface area (Å²) in [4.78, 5) is 8.12. The van der Waals surface area contributed by atoms with Gasteiger partial charge in [0, 0.05) is 13.1 Å². The van der Waals surface area contributed by atoms with Crippen molar-refractivity contribution in [2.24, 2.45) is 0 Å². The van der Waals surface area contributed by atoms with Crippen LogP contribution in [0.3, 0.4) is 0 Å². The molecule has 0 radical (unpaired) electrons. The number of aromatic nitrogens is 2. The van der Waals surface area contributed by atoms with Crippen molar-refractivity contribution in [3.05, 3.63) is 34.9 Å². The Labute approximate surface area is 110 Å². The molecule has 2 aromatic rings. The number of nitrogens with two attached hydrogens (primary N) is 1. The van der Waals surface area contributed by atoms with Gasteiger partial charge in [0.1, 0.15) is 11.6 Å². The van der Waals surface area contributed by atoms with Crippen LogP contribution in [0.5, 0.6) is 0 Å². The Hall–Kier alpha value is -2.01. The van der Waals surface area contributed by atoms with Crippen molar-refractivity contribution in [3.8, 4) is 0 Å². The predicted octanol–water partition coefficient (Wildman–Crippen LogP) is 2.81. The van der Waals surface area contributed by atoms with E-state index >= 15 is 0 Å². The van der Waals surface area contributed by atoms with Gasteiger partial charge in [0.2, 0.25) is 5.95 Å². The summed E-state index contributed by atoms with van der Waals surface area (Å²) >= 11 is 6.11. The van der Waals surface area contributed by atoms with Gasteiger partial charge in [-0.3, -0.25) is 0 Å². The summed E-state index contributed by atoms with van der Waals surface area (Å²) in [5, 5.41) is 6.67. The lowest BCUT2D eigenvalue weighted by molar-refractivity contribution is 1.17. The third kappa shape index (κ3) is 2.81. The van der Waals surface area contributed by atoms with Gasteiger partial charge in [-0.2, -0.15) is 9.97 Å². The standard InChI is InChI=1S/C12H14ClN5/c1-7-3-4-8(13)9(5-7)16-11-6-10(15-2)17-12(14)18-11/h3-6H,1-2H3,(H4,14,15,16,17,18). The van der Waals surface area contributed by atoms with Crippen LogP contribution in [-0.2, 0) is 0 Å². The second-order valence-electron chi connectivity index (χ2n) is 3.85. The van der Waals surface area contributed by atoms with E-state index in [0.717, 1.165) is 11.3 Å². The van der Waals surface area contributed by atoms with Crippen molar-refractivity contribution in [2.45, 2.75) is 6.92 Å². The molecule has 0 aliphatic rings. The maximum Gasteiger partial charge on any atom is 0.223 e. The first-order valence-electron chi connectivity index (χ1n) is 5.44. The lowest BCUT2D eigenvalue weighted by Gasteiger charge is -2.10. The second kappa shape index (κ2) is 5.10. The van der Waals surface area contributed by atoms with E-state index in [9.17, 15) is 0 Å². The summed E-state index contributed by atoms with van der Waals surface area (Å²) in [5.41, 5.74) is 7.52. The summed E-state index contributed by atoms with van der Waals surface area (Å²) < 4.78 is 0. The summed E-state index contributed by atoms with van der Waals surface area (Å²) in [6.07, 6.45) is 0. The first kappa shape index (κ1) is 12.4. The smallest absolute Gasteiger partial charge is 0.223 e. The van der Waals surface area contributed by atoms with Crippen molar-refractivity contribution < 1.29 is 0 Å². The zero-order chi connectivity index (χ0) is 13.1. The van der Waals surface area contributed by atoms with Crippen LogP contribution in [0, 0.1) is 6.92 Å². The van der Waals surface area contributed by atoms with Crippen LogP contribution in [0.15, 0.2) is 24.3 Å². The Morgan fingerprint density at radius 3 is 2.61 bits per heavy atom. The summed E-state index contributed by atoms with van der Waals surface area (Å²) in [6.45, 7) is 1.99. The van der Waals surface area contributed by atoms with Gasteiger partial charge in [-0.1, -0.05) is 17.7 Å². The molecule has 18 heavy (non-hydrogen) atoms. The van der Waals surface area contributed by atoms with Crippen molar-refractivity contribution in [1.29, 1.82) is 0 Å². The molecule has 0 saturated carbocycles. The van der Waals surface area contributed by atoms with Gasteiger partial charge in [0.25, 0.3) is 0 Å². The molecular weight excluding hydrogens is 250 g/mol. The Morgan fingerprint density at radius 1 is 1.17 bits per heavy atom. The van der Waals surface area contributed by atoms with Gasteiger partial charge >= 0.3 is 0 Å². The maximum absolute atomic E-state index is 6.11. The minimum Gasteiger partial charge on any atom is -0.373 e. The summed E-state index contributed by atoms with van der Waals surface area (Å²) in [6, 6.07) is 7.48. The number of aryl methyl sites for hydroxylation is 1. The minimum atomic E-state index is 0.202. The van der Waals surface area contributed by atoms with E-state index < -0.39 is 0 Å². The molecular formula is C12H14ClN5. The van der Waals surface area contributed by atoms with Gasteiger partial charge in [0.05, 0.1) is 10.7 Å². The Balaban J connectivity index is 2.33. The van der Waals surface area contributed by atoms with Gasteiger partial charge < -0.3 is 16.4 Å². The molecule has 0 saturated heterocycles. The number of hydrogen-bond donors (Lipinski definition) is 3. The van der Waals surface area contributed by atoms with E-state index in [1.54, 1.807) is 13.1 Å². The topological polar surface area (TPSA) is 75.9 Å². The number of halogens is 1. The molecule has 5 nitrogen and oxygen atoms in total. The van der Waals surface area contributed by atoms with E-state index in [4.69, 9.17) is 17.3 Å². The Morgan fingerprint density at radius 2 is 1.89 bits per heavy atom. The van der Waals surface area contributed by atoms with Crippen molar-refractivity contribution in [3.63, 3.8) is 0 Å². The summed E-state index contributed by atoms with van der Waals surface area (Å²) in [5.74, 6) is 1.45. The Kier molecular flexibility index (Phi) is 3.53. The highest BCUT2D eigenvalue weighted by molar-refractivity contribution is 6.33. The number of nitrogens with zero attached hydrogens (tertiary/aromatic N) is 2. The molecule has 0 aliphatic heterocycles. The normalized spacial score (nSPS) is 10.2. The van der Waals surface area contributed by atoms with Crippen molar-refractivity contribution >= 4 is 34.9 Å². The first-order valence-corrected chi connectivity index (χ1v) is 5.82. The van der Waals surface area contributed by atoms with Crippen molar-refractivity contribution in [2.75, 3.05) is 23.4 Å². The average Bonchev–Trinajstić information content (AvgIpc) is 2.33. The van der Waals surface area contributed by atoms with Gasteiger partial charge in [-0.15, -0.1) is 0 Å². The number of nitrogen functional groups attached to an aromatic ring is 1. The SMILES string of the molecule is CNc1cc(Nc2cc(C)ccc2Cl)nc(N)n1. The fraction of sp³-hybridized carbons (Fsp3) is 0.167. The number of benzene rings is 1. The molecule has 1 aromatic heterocycles. The van der Waals surface area contributed by atoms with Crippen molar-refractivity contribution in [1.82, 2.24) is 9.97 Å². The molecule has 0 fully saturated rings. The van der Waals surface area contributed by atoms with E-state index in [1.807, 2.05) is 25.1 Å². The average molecular weight is 264 g/mol. The third-order valence-electron chi connectivity index (χ3n) is 2.38. The molecule has 0 bridgehead atoms. The maximum atomic E-state index is 6.11. The van der Waals surface area contributed by atoms with Crippen LogP contribution >= 0.6 is 11.6 Å². The van der Waals surface area contributed by atoms with Crippen LogP contribution in [0.25, 0.3) is 0 Å². The monoisotopic (exact) mass is 263 g/mol. The minimum absolute atomic E-state index is 0.202. The highest BCUT2D eigenvalue weighted by Crippen LogP contribution is 2.26. The number of hydrogen-bond acceptors (Lipinski definition) is 5. The number of anilines is 4. The van der Waals surface area contributed by atoms with Crippen LogP contribution in [0.4, 0.5) is 23.3 Å².